The molecule has 0 aromatic heterocycles. The highest BCUT2D eigenvalue weighted by molar-refractivity contribution is 6.13. The van der Waals surface area contributed by atoms with Crippen molar-refractivity contribution >= 4 is 29.3 Å². The lowest BCUT2D eigenvalue weighted by Crippen LogP contribution is -2.45. The van der Waals surface area contributed by atoms with Crippen LogP contribution in [0.25, 0.3) is 0 Å². The number of anilines is 1. The van der Waals surface area contributed by atoms with E-state index in [0.717, 1.165) is 17.7 Å². The van der Waals surface area contributed by atoms with E-state index in [1.165, 1.54) is 0 Å². The molecule has 0 radical (unpaired) electrons. The molecule has 0 saturated carbocycles. The number of hydrogen-bond acceptors (Lipinski definition) is 4. The molecule has 3 aromatic rings. The molecule has 0 atom stereocenters. The van der Waals surface area contributed by atoms with Gasteiger partial charge in [-0.05, 0) is 48.2 Å². The molecule has 1 saturated heterocycles. The van der Waals surface area contributed by atoms with Crippen molar-refractivity contribution in [2.45, 2.75) is 32.2 Å². The minimum atomic E-state index is -1.41. The predicted molar refractivity (Wildman–Crippen MR) is 137 cm³/mol. The fraction of sp³-hybridized carbons (Fsp3) is 0.241. The normalized spacial score (nSPS) is 14.6. The van der Waals surface area contributed by atoms with Crippen LogP contribution in [0, 0.1) is 5.92 Å². The zero-order chi connectivity index (χ0) is 25.7. The van der Waals surface area contributed by atoms with Crippen LogP contribution in [-0.2, 0) is 15.1 Å². The summed E-state index contributed by atoms with van der Waals surface area (Å²) in [4.78, 5) is 53.1. The van der Waals surface area contributed by atoms with E-state index in [1.54, 1.807) is 72.8 Å². The zero-order valence-corrected chi connectivity index (χ0v) is 20.4. The van der Waals surface area contributed by atoms with E-state index in [0.29, 0.717) is 22.4 Å². The average Bonchev–Trinajstić information content (AvgIpc) is 3.16. The van der Waals surface area contributed by atoms with Gasteiger partial charge in [0.2, 0.25) is 5.91 Å². The Morgan fingerprint density at radius 1 is 0.833 bits per heavy atom. The zero-order valence-electron chi connectivity index (χ0n) is 20.4. The van der Waals surface area contributed by atoms with Crippen LogP contribution in [0.4, 0.5) is 10.5 Å². The lowest BCUT2D eigenvalue weighted by Gasteiger charge is -2.28. The van der Waals surface area contributed by atoms with E-state index < -0.39 is 24.0 Å². The minimum absolute atomic E-state index is 0.0587. The number of rotatable bonds is 9. The summed E-state index contributed by atoms with van der Waals surface area (Å²) in [5.41, 5.74) is 0.742. The number of hydrogen-bond donors (Lipinski definition) is 2. The molecular formula is C29H29N3O4. The SMILES string of the molecule is CCC(CC)C(=O)Nc1ccc(C(=O)CN2C(=O)NC(c3ccccc3)(c3ccccc3)C2=O)cc1. The molecule has 3 aromatic carbocycles. The molecule has 7 nitrogen and oxygen atoms in total. The van der Waals surface area contributed by atoms with Gasteiger partial charge in [0.15, 0.2) is 11.3 Å². The van der Waals surface area contributed by atoms with Crippen molar-refractivity contribution in [1.29, 1.82) is 0 Å². The molecule has 0 bridgehead atoms. The summed E-state index contributed by atoms with van der Waals surface area (Å²) in [6, 6.07) is 23.9. The van der Waals surface area contributed by atoms with Crippen LogP contribution in [0.2, 0.25) is 0 Å². The first-order valence-electron chi connectivity index (χ1n) is 12.1. The number of amides is 4. The standard InChI is InChI=1S/C29H29N3O4/c1-3-20(4-2)26(34)30-24-17-15-21(16-18-24)25(33)19-32-27(35)29(31-28(32)36,22-11-7-5-8-12-22)23-13-9-6-10-14-23/h5-18,20H,3-4,19H2,1-2H3,(H,30,34)(H,31,36). The molecule has 2 N–H and O–H groups in total. The number of ketones is 1. The highest BCUT2D eigenvalue weighted by atomic mass is 16.2. The fourth-order valence-corrected chi connectivity index (χ4v) is 4.53. The van der Waals surface area contributed by atoms with E-state index in [9.17, 15) is 19.2 Å². The maximum atomic E-state index is 13.7. The third-order valence-corrected chi connectivity index (χ3v) is 6.65. The van der Waals surface area contributed by atoms with Gasteiger partial charge in [0.1, 0.15) is 0 Å². The van der Waals surface area contributed by atoms with Gasteiger partial charge in [-0.15, -0.1) is 0 Å². The highest BCUT2D eigenvalue weighted by Crippen LogP contribution is 2.36. The van der Waals surface area contributed by atoms with E-state index in [1.807, 2.05) is 26.0 Å². The Kier molecular flexibility index (Phi) is 7.29. The Hall–Kier alpha value is -4.26. The van der Waals surface area contributed by atoms with Crippen LogP contribution in [-0.4, -0.2) is 35.1 Å². The Morgan fingerprint density at radius 3 is 1.86 bits per heavy atom. The maximum absolute atomic E-state index is 13.7. The van der Waals surface area contributed by atoms with Gasteiger partial charge in [-0.2, -0.15) is 0 Å². The van der Waals surface area contributed by atoms with Crippen molar-refractivity contribution in [2.75, 3.05) is 11.9 Å². The number of carbonyl (C=O) groups excluding carboxylic acids is 4. The summed E-state index contributed by atoms with van der Waals surface area (Å²) in [5.74, 6) is -1.02. The number of urea groups is 1. The number of nitrogens with zero attached hydrogens (tertiary/aromatic N) is 1. The molecule has 7 heteroatoms. The quantitative estimate of drug-likeness (QED) is 0.339. The van der Waals surface area contributed by atoms with Crippen molar-refractivity contribution in [2.24, 2.45) is 5.92 Å². The Balaban J connectivity index is 1.55. The molecule has 0 unspecified atom stereocenters. The first-order valence-corrected chi connectivity index (χ1v) is 12.1. The summed E-state index contributed by atoms with van der Waals surface area (Å²) in [6.45, 7) is 3.54. The molecule has 1 heterocycles. The molecule has 36 heavy (non-hydrogen) atoms. The van der Waals surface area contributed by atoms with E-state index >= 15 is 0 Å². The largest absolute Gasteiger partial charge is 0.326 e. The fourth-order valence-electron chi connectivity index (χ4n) is 4.53. The van der Waals surface area contributed by atoms with Crippen LogP contribution in [0.3, 0.4) is 0 Å². The number of nitrogens with one attached hydrogen (secondary N) is 2. The summed E-state index contributed by atoms with van der Waals surface area (Å²) in [7, 11) is 0. The van der Waals surface area contributed by atoms with Gasteiger partial charge in [-0.3, -0.25) is 19.3 Å². The second-order valence-corrected chi connectivity index (χ2v) is 8.81. The monoisotopic (exact) mass is 483 g/mol. The maximum Gasteiger partial charge on any atom is 0.325 e. The van der Waals surface area contributed by atoms with Crippen molar-refractivity contribution in [3.05, 3.63) is 102 Å². The minimum Gasteiger partial charge on any atom is -0.326 e. The first kappa shape index (κ1) is 24.9. The summed E-state index contributed by atoms with van der Waals surface area (Å²) in [6.07, 6.45) is 1.50. The van der Waals surface area contributed by atoms with Gasteiger partial charge >= 0.3 is 6.03 Å². The number of Topliss-reactive ketones (excluding diaryl/α,β-unsaturated/α-hetero) is 1. The third kappa shape index (κ3) is 4.64. The highest BCUT2D eigenvalue weighted by Gasteiger charge is 2.54. The van der Waals surface area contributed by atoms with E-state index in [2.05, 4.69) is 10.6 Å². The molecule has 0 spiro atoms. The summed E-state index contributed by atoms with van der Waals surface area (Å²) >= 11 is 0. The molecule has 4 amide bonds. The molecule has 4 rings (SSSR count). The lowest BCUT2D eigenvalue weighted by atomic mass is 9.82. The van der Waals surface area contributed by atoms with Crippen molar-refractivity contribution in [3.63, 3.8) is 0 Å². The molecule has 184 valence electrons. The van der Waals surface area contributed by atoms with Gasteiger partial charge in [-0.1, -0.05) is 74.5 Å². The number of imide groups is 1. The van der Waals surface area contributed by atoms with Crippen LogP contribution >= 0.6 is 0 Å². The Labute approximate surface area is 210 Å². The van der Waals surface area contributed by atoms with Crippen molar-refractivity contribution in [3.8, 4) is 0 Å². The second-order valence-electron chi connectivity index (χ2n) is 8.81. The number of benzene rings is 3. The van der Waals surface area contributed by atoms with Crippen LogP contribution in [0.1, 0.15) is 48.2 Å². The van der Waals surface area contributed by atoms with Crippen molar-refractivity contribution < 1.29 is 19.2 Å². The van der Waals surface area contributed by atoms with Gasteiger partial charge in [0, 0.05) is 17.2 Å². The van der Waals surface area contributed by atoms with Gasteiger partial charge in [0.25, 0.3) is 5.91 Å². The van der Waals surface area contributed by atoms with Gasteiger partial charge in [0.05, 0.1) is 6.54 Å². The summed E-state index contributed by atoms with van der Waals surface area (Å²) in [5, 5.41) is 5.71. The third-order valence-electron chi connectivity index (χ3n) is 6.65. The number of carbonyl (C=O) groups is 4. The second kappa shape index (κ2) is 10.6. The molecule has 1 aliphatic rings. The molecule has 1 aliphatic heterocycles. The molecule has 0 aliphatic carbocycles. The van der Waals surface area contributed by atoms with Crippen LogP contribution < -0.4 is 10.6 Å². The molecule has 1 fully saturated rings. The van der Waals surface area contributed by atoms with E-state index in [4.69, 9.17) is 0 Å². The van der Waals surface area contributed by atoms with Gasteiger partial charge < -0.3 is 10.6 Å². The topological polar surface area (TPSA) is 95.6 Å². The Bertz CT molecular complexity index is 1210. The van der Waals surface area contributed by atoms with Gasteiger partial charge in [-0.25, -0.2) is 4.79 Å². The van der Waals surface area contributed by atoms with Crippen molar-refractivity contribution in [1.82, 2.24) is 10.2 Å². The first-order chi connectivity index (χ1) is 17.4. The Morgan fingerprint density at radius 2 is 1.36 bits per heavy atom. The smallest absolute Gasteiger partial charge is 0.325 e. The predicted octanol–water partition coefficient (Wildman–Crippen LogP) is 4.74. The molecular weight excluding hydrogens is 454 g/mol. The lowest BCUT2D eigenvalue weighted by molar-refractivity contribution is -0.130. The summed E-state index contributed by atoms with van der Waals surface area (Å²) < 4.78 is 0. The van der Waals surface area contributed by atoms with Crippen LogP contribution in [0.15, 0.2) is 84.9 Å². The van der Waals surface area contributed by atoms with E-state index in [-0.39, 0.29) is 17.6 Å². The van der Waals surface area contributed by atoms with Crippen LogP contribution in [0.5, 0.6) is 0 Å². The average molecular weight is 484 g/mol.